The average molecular weight is 357 g/mol. The van der Waals surface area contributed by atoms with Gasteiger partial charge in [-0.1, -0.05) is 11.3 Å². The highest BCUT2D eigenvalue weighted by Gasteiger charge is 2.13. The molecule has 0 aliphatic carbocycles. The van der Waals surface area contributed by atoms with Crippen molar-refractivity contribution < 1.29 is 9.59 Å². The van der Waals surface area contributed by atoms with Gasteiger partial charge >= 0.3 is 0 Å². The van der Waals surface area contributed by atoms with E-state index in [0.29, 0.717) is 32.5 Å². The molecule has 3 N–H and O–H groups in total. The molecule has 0 aliphatic rings. The Kier molecular flexibility index (Phi) is 4.43. The van der Waals surface area contributed by atoms with Gasteiger partial charge in [0.05, 0.1) is 6.54 Å². The second-order valence-electron chi connectivity index (χ2n) is 5.44. The number of Topliss-reactive ketones (excluding diaryl/α,β-unsaturated/α-hetero) is 1. The first kappa shape index (κ1) is 16.9. The monoisotopic (exact) mass is 357 g/mol. The molecular weight excluding hydrogens is 342 g/mol. The van der Waals surface area contributed by atoms with Gasteiger partial charge in [0.1, 0.15) is 5.01 Å². The maximum Gasteiger partial charge on any atom is 0.275 e. The highest BCUT2D eigenvalue weighted by atomic mass is 32.1. The minimum absolute atomic E-state index is 0.155. The third kappa shape index (κ3) is 3.47. The first-order valence-electron chi connectivity index (χ1n) is 7.41. The fourth-order valence-corrected chi connectivity index (χ4v) is 3.21. The number of hydrogen-bond donors (Lipinski definition) is 2. The Morgan fingerprint density at radius 1 is 1.28 bits per heavy atom. The minimum atomic E-state index is -0.371. The largest absolute Gasteiger partial charge is 0.325 e. The summed E-state index contributed by atoms with van der Waals surface area (Å²) in [6, 6.07) is 6.31. The molecule has 3 aromatic rings. The molecule has 0 saturated heterocycles. The van der Waals surface area contributed by atoms with Crippen molar-refractivity contribution in [3.05, 3.63) is 45.9 Å². The molecule has 0 saturated carbocycles. The van der Waals surface area contributed by atoms with Crippen molar-refractivity contribution in [2.45, 2.75) is 13.8 Å². The molecule has 0 atom stereocenters. The molecule has 1 aromatic carbocycles. The zero-order valence-electron chi connectivity index (χ0n) is 13.6. The summed E-state index contributed by atoms with van der Waals surface area (Å²) in [5.41, 5.74) is 7.10. The number of nitrogens with two attached hydrogens (primary N) is 1. The SMILES string of the molecule is CC(=O)c1cc(NC(=O)CN)cc(-c2nn3c(=O)cc(C)nc3s2)c1. The van der Waals surface area contributed by atoms with Crippen LogP contribution in [-0.2, 0) is 4.79 Å². The Morgan fingerprint density at radius 2 is 2.04 bits per heavy atom. The van der Waals surface area contributed by atoms with Crippen molar-refractivity contribution >= 4 is 33.7 Å². The molecule has 0 aliphatic heterocycles. The predicted octanol–water partition coefficient (Wildman–Crippen LogP) is 1.23. The van der Waals surface area contributed by atoms with Crippen molar-refractivity contribution in [3.63, 3.8) is 0 Å². The Labute approximate surface area is 146 Å². The van der Waals surface area contributed by atoms with Gasteiger partial charge in [0, 0.05) is 28.6 Å². The highest BCUT2D eigenvalue weighted by Crippen LogP contribution is 2.28. The lowest BCUT2D eigenvalue weighted by Crippen LogP contribution is -2.22. The van der Waals surface area contributed by atoms with E-state index < -0.39 is 0 Å². The van der Waals surface area contributed by atoms with Gasteiger partial charge in [-0.25, -0.2) is 4.98 Å². The molecule has 9 heteroatoms. The van der Waals surface area contributed by atoms with Gasteiger partial charge in [-0.2, -0.15) is 9.61 Å². The number of anilines is 1. The first-order chi connectivity index (χ1) is 11.9. The van der Waals surface area contributed by atoms with Gasteiger partial charge in [-0.15, -0.1) is 0 Å². The number of nitrogens with one attached hydrogen (secondary N) is 1. The van der Waals surface area contributed by atoms with Crippen molar-refractivity contribution in [1.29, 1.82) is 0 Å². The third-order valence-corrected chi connectivity index (χ3v) is 4.39. The number of nitrogens with zero attached hydrogens (tertiary/aromatic N) is 3. The van der Waals surface area contributed by atoms with Crippen molar-refractivity contribution in [1.82, 2.24) is 14.6 Å². The van der Waals surface area contributed by atoms with Crippen LogP contribution in [0.3, 0.4) is 0 Å². The molecule has 1 amide bonds. The summed E-state index contributed by atoms with van der Waals surface area (Å²) < 4.78 is 1.21. The second-order valence-corrected chi connectivity index (χ2v) is 6.40. The summed E-state index contributed by atoms with van der Waals surface area (Å²) in [5, 5.41) is 7.42. The van der Waals surface area contributed by atoms with Crippen LogP contribution in [0.15, 0.2) is 29.1 Å². The number of carbonyl (C=O) groups is 2. The van der Waals surface area contributed by atoms with E-state index in [4.69, 9.17) is 5.73 Å². The van der Waals surface area contributed by atoms with E-state index >= 15 is 0 Å². The predicted molar refractivity (Wildman–Crippen MR) is 95.0 cm³/mol. The molecule has 0 bridgehead atoms. The summed E-state index contributed by atoms with van der Waals surface area (Å²) in [5.74, 6) is -0.526. The van der Waals surface area contributed by atoms with E-state index in [9.17, 15) is 14.4 Å². The Morgan fingerprint density at radius 3 is 2.72 bits per heavy atom. The number of benzene rings is 1. The van der Waals surface area contributed by atoms with Crippen LogP contribution in [0.5, 0.6) is 0 Å². The average Bonchev–Trinajstić information content (AvgIpc) is 2.98. The van der Waals surface area contributed by atoms with Crippen molar-refractivity contribution in [2.24, 2.45) is 5.73 Å². The van der Waals surface area contributed by atoms with Crippen LogP contribution in [0.1, 0.15) is 23.0 Å². The number of fused-ring (bicyclic) bond motifs is 1. The molecule has 0 spiro atoms. The zero-order valence-corrected chi connectivity index (χ0v) is 14.4. The lowest BCUT2D eigenvalue weighted by Gasteiger charge is -2.07. The Bertz CT molecular complexity index is 1050. The molecule has 2 heterocycles. The summed E-state index contributed by atoms with van der Waals surface area (Å²) in [6.45, 7) is 3.00. The summed E-state index contributed by atoms with van der Waals surface area (Å²) in [4.78, 5) is 40.1. The Hall–Kier alpha value is -2.91. The van der Waals surface area contributed by atoms with Gasteiger partial charge in [0.15, 0.2) is 5.78 Å². The maximum atomic E-state index is 12.0. The van der Waals surface area contributed by atoms with Crippen LogP contribution >= 0.6 is 11.3 Å². The van der Waals surface area contributed by atoms with E-state index in [1.807, 2.05) is 0 Å². The normalized spacial score (nSPS) is 10.8. The maximum absolute atomic E-state index is 12.0. The standard InChI is InChI=1S/C16H15N5O3S/c1-8-3-14(24)21-16(18-8)25-15(20-21)11-4-10(9(2)22)5-12(6-11)19-13(23)7-17/h3-6H,7,17H2,1-2H3,(H,19,23). The molecule has 0 fully saturated rings. The van der Waals surface area contributed by atoms with Gasteiger partial charge in [0.25, 0.3) is 5.56 Å². The number of rotatable bonds is 4. The first-order valence-corrected chi connectivity index (χ1v) is 8.23. The van der Waals surface area contributed by atoms with Crippen LogP contribution in [-0.4, -0.2) is 32.8 Å². The lowest BCUT2D eigenvalue weighted by atomic mass is 10.1. The Balaban J connectivity index is 2.15. The number of aryl methyl sites for hydroxylation is 1. The highest BCUT2D eigenvalue weighted by molar-refractivity contribution is 7.19. The van der Waals surface area contributed by atoms with Crippen LogP contribution in [0.25, 0.3) is 15.5 Å². The lowest BCUT2D eigenvalue weighted by molar-refractivity contribution is -0.114. The van der Waals surface area contributed by atoms with Gasteiger partial charge in [0.2, 0.25) is 10.9 Å². The fraction of sp³-hybridized carbons (Fsp3) is 0.188. The van der Waals surface area contributed by atoms with Crippen molar-refractivity contribution in [3.8, 4) is 10.6 Å². The molecule has 3 rings (SSSR count). The molecule has 0 radical (unpaired) electrons. The van der Waals surface area contributed by atoms with Crippen LogP contribution < -0.4 is 16.6 Å². The third-order valence-electron chi connectivity index (χ3n) is 3.43. The molecule has 0 unspecified atom stereocenters. The molecular formula is C16H15N5O3S. The van der Waals surface area contributed by atoms with E-state index in [2.05, 4.69) is 15.4 Å². The van der Waals surface area contributed by atoms with Crippen LogP contribution in [0, 0.1) is 6.92 Å². The second kappa shape index (κ2) is 6.54. The number of amides is 1. The van der Waals surface area contributed by atoms with Gasteiger partial charge < -0.3 is 11.1 Å². The summed E-state index contributed by atoms with van der Waals surface area (Å²) in [6.07, 6.45) is 0. The van der Waals surface area contributed by atoms with E-state index in [1.54, 1.807) is 25.1 Å². The number of ketones is 1. The van der Waals surface area contributed by atoms with Crippen LogP contribution in [0.4, 0.5) is 5.69 Å². The van der Waals surface area contributed by atoms with E-state index in [0.717, 1.165) is 0 Å². The van der Waals surface area contributed by atoms with Crippen molar-refractivity contribution in [2.75, 3.05) is 11.9 Å². The summed E-state index contributed by atoms with van der Waals surface area (Å²) >= 11 is 1.22. The minimum Gasteiger partial charge on any atom is -0.325 e. The van der Waals surface area contributed by atoms with Crippen LogP contribution in [0.2, 0.25) is 0 Å². The molecule has 25 heavy (non-hydrogen) atoms. The van der Waals surface area contributed by atoms with E-state index in [1.165, 1.54) is 28.8 Å². The molecule has 2 aromatic heterocycles. The molecule has 8 nitrogen and oxygen atoms in total. The smallest absolute Gasteiger partial charge is 0.275 e. The number of hydrogen-bond acceptors (Lipinski definition) is 7. The van der Waals surface area contributed by atoms with Gasteiger partial charge in [-0.3, -0.25) is 14.4 Å². The fourth-order valence-electron chi connectivity index (χ4n) is 2.28. The number of aromatic nitrogens is 3. The van der Waals surface area contributed by atoms with E-state index in [-0.39, 0.29) is 23.8 Å². The summed E-state index contributed by atoms with van der Waals surface area (Å²) in [7, 11) is 0. The van der Waals surface area contributed by atoms with Gasteiger partial charge in [-0.05, 0) is 32.0 Å². The number of carbonyl (C=O) groups excluding carboxylic acids is 2. The quantitative estimate of drug-likeness (QED) is 0.678. The topological polar surface area (TPSA) is 119 Å². The molecule has 128 valence electrons. The zero-order chi connectivity index (χ0) is 18.1.